The zero-order chi connectivity index (χ0) is 15.7. The van der Waals surface area contributed by atoms with Crippen LogP contribution in [0, 0.1) is 0 Å². The predicted octanol–water partition coefficient (Wildman–Crippen LogP) is 3.35. The Bertz CT molecular complexity index is 696. The lowest BCUT2D eigenvalue weighted by molar-refractivity contribution is -0.122. The Morgan fingerprint density at radius 1 is 1.09 bits per heavy atom. The fraction of sp³-hybridized carbons (Fsp3) is 0.250. The smallest absolute Gasteiger partial charge is 0.293 e. The van der Waals surface area contributed by atoms with Crippen molar-refractivity contribution in [2.45, 2.75) is 13.8 Å². The van der Waals surface area contributed by atoms with E-state index in [4.69, 9.17) is 4.74 Å². The van der Waals surface area contributed by atoms with E-state index in [1.54, 1.807) is 19.1 Å². The van der Waals surface area contributed by atoms with Gasteiger partial charge in [-0.05, 0) is 43.8 Å². The number of thioether (sulfide) groups is 1. The average molecular weight is 316 g/mol. The third-order valence-electron chi connectivity index (χ3n) is 3.52. The third-order valence-corrected chi connectivity index (χ3v) is 4.45. The number of imide groups is 1. The summed E-state index contributed by atoms with van der Waals surface area (Å²) in [5.41, 5.74) is 1.01. The molecule has 2 amide bonds. The van der Waals surface area contributed by atoms with Crippen LogP contribution in [0.5, 0.6) is 5.75 Å². The molecule has 22 heavy (non-hydrogen) atoms. The first-order valence-electron chi connectivity index (χ1n) is 7.15. The van der Waals surface area contributed by atoms with Crippen molar-refractivity contribution in [3.63, 3.8) is 0 Å². The Labute approximate surface area is 133 Å². The zero-order valence-electron chi connectivity index (χ0n) is 12.4. The molecule has 1 saturated heterocycles. The number of para-hydroxylation sites is 2. The van der Waals surface area contributed by atoms with Crippen molar-refractivity contribution in [1.29, 1.82) is 0 Å². The molecule has 1 aromatic rings. The van der Waals surface area contributed by atoms with Crippen molar-refractivity contribution in [2.24, 2.45) is 0 Å². The van der Waals surface area contributed by atoms with Crippen LogP contribution in [0.4, 0.5) is 10.5 Å². The van der Waals surface area contributed by atoms with Crippen LogP contribution in [0.3, 0.4) is 0 Å². The quantitative estimate of drug-likeness (QED) is 0.801. The van der Waals surface area contributed by atoms with Gasteiger partial charge in [0.15, 0.2) is 5.75 Å². The number of hydrogen-bond donors (Lipinski definition) is 0. The molecule has 6 heteroatoms. The minimum absolute atomic E-state index is 0.222. The predicted molar refractivity (Wildman–Crippen MR) is 86.6 cm³/mol. The van der Waals surface area contributed by atoms with E-state index in [2.05, 4.69) is 0 Å². The van der Waals surface area contributed by atoms with Crippen molar-refractivity contribution in [3.8, 4) is 5.75 Å². The number of hydrogen-bond acceptors (Lipinski definition) is 5. The number of benzene rings is 1. The molecule has 2 heterocycles. The maximum atomic E-state index is 12.1. The van der Waals surface area contributed by atoms with E-state index in [0.29, 0.717) is 17.3 Å². The molecule has 0 N–H and O–H groups in total. The van der Waals surface area contributed by atoms with Crippen molar-refractivity contribution < 1.29 is 14.3 Å². The van der Waals surface area contributed by atoms with E-state index in [1.807, 2.05) is 36.1 Å². The van der Waals surface area contributed by atoms with E-state index in [1.165, 1.54) is 4.90 Å². The molecule has 0 unspecified atom stereocenters. The summed E-state index contributed by atoms with van der Waals surface area (Å²) in [6, 6.07) is 7.77. The first-order valence-corrected chi connectivity index (χ1v) is 7.97. The molecule has 0 spiro atoms. The molecule has 0 atom stereocenters. The van der Waals surface area contributed by atoms with Gasteiger partial charge >= 0.3 is 0 Å². The molecule has 5 nitrogen and oxygen atoms in total. The minimum Gasteiger partial charge on any atom is -0.439 e. The van der Waals surface area contributed by atoms with E-state index in [0.717, 1.165) is 29.7 Å². The summed E-state index contributed by atoms with van der Waals surface area (Å²) in [6.45, 7) is 4.96. The van der Waals surface area contributed by atoms with Gasteiger partial charge in [0.1, 0.15) is 0 Å². The van der Waals surface area contributed by atoms with Crippen molar-refractivity contribution in [2.75, 3.05) is 18.0 Å². The summed E-state index contributed by atoms with van der Waals surface area (Å²) >= 11 is 0.962. The number of carbonyl (C=O) groups is 2. The number of amides is 2. The van der Waals surface area contributed by atoms with Crippen molar-refractivity contribution in [1.82, 2.24) is 4.90 Å². The van der Waals surface area contributed by atoms with Gasteiger partial charge in [0, 0.05) is 19.2 Å². The first kappa shape index (κ1) is 14.7. The Morgan fingerprint density at radius 3 is 2.50 bits per heavy atom. The Hall–Kier alpha value is -2.21. The lowest BCUT2D eigenvalue weighted by atomic mass is 10.3. The lowest BCUT2D eigenvalue weighted by Crippen LogP contribution is -2.27. The van der Waals surface area contributed by atoms with Crippen LogP contribution in [0.15, 0.2) is 47.2 Å². The molecule has 2 aliphatic rings. The molecular weight excluding hydrogens is 300 g/mol. The number of nitrogens with zero attached hydrogens (tertiary/aromatic N) is 2. The Kier molecular flexibility index (Phi) is 3.94. The van der Waals surface area contributed by atoms with Gasteiger partial charge in [0.25, 0.3) is 11.1 Å². The number of anilines is 1. The van der Waals surface area contributed by atoms with Crippen LogP contribution in [0.2, 0.25) is 0 Å². The van der Waals surface area contributed by atoms with E-state index < -0.39 is 0 Å². The van der Waals surface area contributed by atoms with Crippen molar-refractivity contribution in [3.05, 3.63) is 47.2 Å². The summed E-state index contributed by atoms with van der Waals surface area (Å²) < 4.78 is 5.81. The molecule has 0 bridgehead atoms. The summed E-state index contributed by atoms with van der Waals surface area (Å²) in [6.07, 6.45) is 3.40. The average Bonchev–Trinajstić information content (AvgIpc) is 3.01. The van der Waals surface area contributed by atoms with Gasteiger partial charge in [-0.3, -0.25) is 14.5 Å². The number of likely N-dealkylation sites (N-methyl/N-ethyl adjacent to an activating group) is 1. The zero-order valence-corrected chi connectivity index (χ0v) is 13.2. The molecule has 1 fully saturated rings. The largest absolute Gasteiger partial charge is 0.439 e. The topological polar surface area (TPSA) is 49.9 Å². The normalized spacial score (nSPS) is 21.0. The number of fused-ring (bicyclic) bond motifs is 1. The molecule has 114 valence electrons. The van der Waals surface area contributed by atoms with E-state index >= 15 is 0 Å². The maximum Gasteiger partial charge on any atom is 0.293 e. The second-order valence-electron chi connectivity index (χ2n) is 4.77. The molecule has 0 saturated carbocycles. The SMILES string of the molecule is CCN1C(=O)S/C(=C/C=C2\Oc3ccccc3N2CC)C1=O. The van der Waals surface area contributed by atoms with E-state index in [9.17, 15) is 9.59 Å². The van der Waals surface area contributed by atoms with Crippen LogP contribution < -0.4 is 9.64 Å². The highest BCUT2D eigenvalue weighted by molar-refractivity contribution is 8.18. The molecule has 0 aromatic heterocycles. The van der Waals surface area contributed by atoms with E-state index in [-0.39, 0.29) is 11.1 Å². The Balaban J connectivity index is 1.87. The summed E-state index contributed by atoms with van der Waals surface area (Å²) in [4.78, 5) is 27.4. The van der Waals surface area contributed by atoms with Gasteiger partial charge in [-0.2, -0.15) is 0 Å². The summed E-state index contributed by atoms with van der Waals surface area (Å²) in [7, 11) is 0. The summed E-state index contributed by atoms with van der Waals surface area (Å²) in [5, 5.41) is -0.222. The summed E-state index contributed by atoms with van der Waals surface area (Å²) in [5.74, 6) is 1.21. The minimum atomic E-state index is -0.243. The van der Waals surface area contributed by atoms with Crippen LogP contribution in [0.1, 0.15) is 13.8 Å². The molecule has 3 rings (SSSR count). The lowest BCUT2D eigenvalue weighted by Gasteiger charge is -2.14. The monoisotopic (exact) mass is 316 g/mol. The standard InChI is InChI=1S/C16H16N2O3S/c1-3-17-11-7-5-6-8-12(11)21-14(17)10-9-13-15(19)18(4-2)16(20)22-13/h5-10H,3-4H2,1-2H3/b13-9+,14-10-. The maximum absolute atomic E-state index is 12.1. The molecule has 0 aliphatic carbocycles. The highest BCUT2D eigenvalue weighted by atomic mass is 32.2. The first-order chi connectivity index (χ1) is 10.7. The van der Waals surface area contributed by atoms with Gasteiger partial charge in [0.2, 0.25) is 5.88 Å². The highest BCUT2D eigenvalue weighted by Gasteiger charge is 2.33. The molecule has 2 aliphatic heterocycles. The fourth-order valence-electron chi connectivity index (χ4n) is 2.44. The molecule has 0 radical (unpaired) electrons. The molecular formula is C16H16N2O3S. The van der Waals surface area contributed by atoms with Crippen LogP contribution >= 0.6 is 11.8 Å². The van der Waals surface area contributed by atoms with Gasteiger partial charge in [0.05, 0.1) is 10.6 Å². The van der Waals surface area contributed by atoms with Crippen LogP contribution in [-0.4, -0.2) is 29.1 Å². The van der Waals surface area contributed by atoms with Crippen molar-refractivity contribution >= 4 is 28.6 Å². The van der Waals surface area contributed by atoms with Gasteiger partial charge < -0.3 is 9.64 Å². The van der Waals surface area contributed by atoms with Gasteiger partial charge in [-0.15, -0.1) is 0 Å². The second-order valence-corrected chi connectivity index (χ2v) is 5.76. The van der Waals surface area contributed by atoms with Crippen LogP contribution in [0.25, 0.3) is 0 Å². The Morgan fingerprint density at radius 2 is 1.82 bits per heavy atom. The third kappa shape index (κ3) is 2.39. The molecule has 1 aromatic carbocycles. The van der Waals surface area contributed by atoms with Gasteiger partial charge in [-0.25, -0.2) is 0 Å². The number of rotatable bonds is 3. The number of carbonyl (C=O) groups excluding carboxylic acids is 2. The number of allylic oxidation sites excluding steroid dienone is 2. The fourth-order valence-corrected chi connectivity index (χ4v) is 3.28. The second kappa shape index (κ2) is 5.88. The van der Waals surface area contributed by atoms with Crippen LogP contribution in [-0.2, 0) is 4.79 Å². The van der Waals surface area contributed by atoms with Gasteiger partial charge in [-0.1, -0.05) is 12.1 Å². The highest BCUT2D eigenvalue weighted by Crippen LogP contribution is 2.38. The number of ether oxygens (including phenoxy) is 1.